The van der Waals surface area contributed by atoms with Gasteiger partial charge in [-0.2, -0.15) is 0 Å². The highest BCUT2D eigenvalue weighted by molar-refractivity contribution is 6.02. The second kappa shape index (κ2) is 6.98. The molecule has 0 radical (unpaired) electrons. The third kappa shape index (κ3) is 2.88. The lowest BCUT2D eigenvalue weighted by molar-refractivity contribution is 0.358. The number of methoxy groups -OCH3 is 3. The molecule has 0 aliphatic heterocycles. The summed E-state index contributed by atoms with van der Waals surface area (Å²) in [7, 11) is 4.72. The average molecular weight is 336 g/mol. The van der Waals surface area contributed by atoms with Crippen LogP contribution in [0.5, 0.6) is 17.2 Å². The minimum atomic E-state index is 0.487. The Bertz CT molecular complexity index is 981. The third-order valence-electron chi connectivity index (χ3n) is 3.88. The van der Waals surface area contributed by atoms with Crippen LogP contribution in [-0.2, 0) is 0 Å². The van der Waals surface area contributed by atoms with Gasteiger partial charge in [0, 0.05) is 22.2 Å². The van der Waals surface area contributed by atoms with Gasteiger partial charge in [0.05, 0.1) is 21.3 Å². The molecule has 1 heterocycles. The van der Waals surface area contributed by atoms with Crippen LogP contribution in [0.4, 0.5) is 5.69 Å². The first-order chi connectivity index (χ1) is 12.2. The van der Waals surface area contributed by atoms with Crippen LogP contribution in [0.1, 0.15) is 0 Å². The van der Waals surface area contributed by atoms with Crippen molar-refractivity contribution in [1.29, 1.82) is 0 Å². The fourth-order valence-corrected chi connectivity index (χ4v) is 2.76. The molecule has 3 aromatic rings. The maximum Gasteiger partial charge on any atom is 0.187 e. The molecular formula is C18H16N4O3. The maximum absolute atomic E-state index is 8.88. The van der Waals surface area contributed by atoms with Crippen LogP contribution in [-0.4, -0.2) is 26.3 Å². The van der Waals surface area contributed by atoms with Gasteiger partial charge >= 0.3 is 0 Å². The Balaban J connectivity index is 2.42. The molecular weight excluding hydrogens is 320 g/mol. The minimum absolute atomic E-state index is 0.487. The SMILES string of the molecule is COc1ccc(N=[N+]=[N-])c(-c2cc(OC)c(OC)c3ncccc23)c1. The van der Waals surface area contributed by atoms with Crippen LogP contribution in [0.2, 0.25) is 0 Å². The van der Waals surface area contributed by atoms with Gasteiger partial charge in [-0.15, -0.1) is 0 Å². The zero-order chi connectivity index (χ0) is 17.8. The van der Waals surface area contributed by atoms with Crippen molar-refractivity contribution in [1.82, 2.24) is 4.98 Å². The van der Waals surface area contributed by atoms with Gasteiger partial charge < -0.3 is 14.2 Å². The number of benzene rings is 2. The number of nitrogens with zero attached hydrogens (tertiary/aromatic N) is 4. The number of pyridine rings is 1. The molecule has 0 saturated heterocycles. The molecule has 3 rings (SSSR count). The molecule has 7 nitrogen and oxygen atoms in total. The van der Waals surface area contributed by atoms with Gasteiger partial charge in [-0.3, -0.25) is 4.98 Å². The summed E-state index contributed by atoms with van der Waals surface area (Å²) in [4.78, 5) is 7.34. The van der Waals surface area contributed by atoms with Gasteiger partial charge in [-0.1, -0.05) is 11.2 Å². The highest BCUT2D eigenvalue weighted by Crippen LogP contribution is 2.44. The molecule has 0 unspecified atom stereocenters. The lowest BCUT2D eigenvalue weighted by Crippen LogP contribution is -1.95. The lowest BCUT2D eigenvalue weighted by Gasteiger charge is -2.16. The third-order valence-corrected chi connectivity index (χ3v) is 3.88. The Morgan fingerprint density at radius 3 is 2.52 bits per heavy atom. The number of fused-ring (bicyclic) bond motifs is 1. The highest BCUT2D eigenvalue weighted by Gasteiger charge is 2.17. The standard InChI is InChI=1S/C18H16N4O3/c1-23-11-6-7-15(21-22-19)14(9-11)13-10-16(24-2)18(25-3)17-12(13)5-4-8-20-17/h4-10H,1-3H3. The summed E-state index contributed by atoms with van der Waals surface area (Å²) in [6, 6.07) is 10.9. The van der Waals surface area contributed by atoms with Gasteiger partial charge in [0.2, 0.25) is 0 Å². The van der Waals surface area contributed by atoms with Crippen molar-refractivity contribution in [3.05, 3.63) is 53.0 Å². The molecule has 0 atom stereocenters. The molecule has 7 heteroatoms. The maximum atomic E-state index is 8.88. The fraction of sp³-hybridized carbons (Fsp3) is 0.167. The summed E-state index contributed by atoms with van der Waals surface area (Å²) in [6.07, 6.45) is 1.69. The van der Waals surface area contributed by atoms with E-state index in [9.17, 15) is 0 Å². The molecule has 2 aromatic carbocycles. The molecule has 0 bridgehead atoms. The molecule has 0 spiro atoms. The molecule has 0 aliphatic rings. The second-order valence-corrected chi connectivity index (χ2v) is 5.13. The number of hydrogen-bond donors (Lipinski definition) is 0. The van der Waals surface area contributed by atoms with E-state index in [2.05, 4.69) is 15.0 Å². The number of ether oxygens (including phenoxy) is 3. The van der Waals surface area contributed by atoms with Gasteiger partial charge in [0.25, 0.3) is 0 Å². The average Bonchev–Trinajstić information content (AvgIpc) is 2.67. The smallest absolute Gasteiger partial charge is 0.187 e. The van der Waals surface area contributed by atoms with Gasteiger partial charge in [0.1, 0.15) is 11.3 Å². The number of rotatable bonds is 5. The predicted molar refractivity (Wildman–Crippen MR) is 95.6 cm³/mol. The first kappa shape index (κ1) is 16.4. The van der Waals surface area contributed by atoms with E-state index in [1.807, 2.05) is 24.3 Å². The summed E-state index contributed by atoms with van der Waals surface area (Å²) >= 11 is 0. The molecule has 0 aliphatic carbocycles. The van der Waals surface area contributed by atoms with E-state index in [1.54, 1.807) is 39.7 Å². The van der Waals surface area contributed by atoms with Crippen LogP contribution >= 0.6 is 0 Å². The Hall–Kier alpha value is -3.44. The fourth-order valence-electron chi connectivity index (χ4n) is 2.76. The molecule has 0 saturated carbocycles. The summed E-state index contributed by atoms with van der Waals surface area (Å²) in [5, 5.41) is 4.65. The van der Waals surface area contributed by atoms with Gasteiger partial charge in [-0.05, 0) is 47.0 Å². The normalized spacial score (nSPS) is 10.2. The van der Waals surface area contributed by atoms with Crippen molar-refractivity contribution in [2.75, 3.05) is 21.3 Å². The van der Waals surface area contributed by atoms with E-state index in [0.717, 1.165) is 16.5 Å². The van der Waals surface area contributed by atoms with E-state index in [4.69, 9.17) is 19.7 Å². The highest BCUT2D eigenvalue weighted by atomic mass is 16.5. The van der Waals surface area contributed by atoms with Crippen molar-refractivity contribution in [3.63, 3.8) is 0 Å². The number of aromatic nitrogens is 1. The largest absolute Gasteiger partial charge is 0.497 e. The first-order valence-corrected chi connectivity index (χ1v) is 7.46. The molecule has 126 valence electrons. The molecule has 0 amide bonds. The van der Waals surface area contributed by atoms with E-state index in [1.165, 1.54) is 0 Å². The summed E-state index contributed by atoms with van der Waals surface area (Å²) < 4.78 is 16.2. The summed E-state index contributed by atoms with van der Waals surface area (Å²) in [6.45, 7) is 0. The van der Waals surface area contributed by atoms with Gasteiger partial charge in [-0.25, -0.2) is 0 Å². The topological polar surface area (TPSA) is 89.3 Å². The molecule has 25 heavy (non-hydrogen) atoms. The van der Waals surface area contributed by atoms with E-state index in [0.29, 0.717) is 28.5 Å². The molecule has 1 aromatic heterocycles. The quantitative estimate of drug-likeness (QED) is 0.378. The van der Waals surface area contributed by atoms with Gasteiger partial charge in [0.15, 0.2) is 11.5 Å². The molecule has 0 fully saturated rings. The first-order valence-electron chi connectivity index (χ1n) is 7.46. The van der Waals surface area contributed by atoms with Crippen molar-refractivity contribution < 1.29 is 14.2 Å². The minimum Gasteiger partial charge on any atom is -0.497 e. The van der Waals surface area contributed by atoms with Crippen molar-refractivity contribution in [2.24, 2.45) is 5.11 Å². The van der Waals surface area contributed by atoms with Crippen molar-refractivity contribution in [2.45, 2.75) is 0 Å². The number of azide groups is 1. The van der Waals surface area contributed by atoms with E-state index >= 15 is 0 Å². The van der Waals surface area contributed by atoms with Crippen LogP contribution in [0.3, 0.4) is 0 Å². The summed E-state index contributed by atoms with van der Waals surface area (Å²) in [5.41, 5.74) is 11.6. The Morgan fingerprint density at radius 2 is 1.84 bits per heavy atom. The Kier molecular flexibility index (Phi) is 4.59. The van der Waals surface area contributed by atoms with E-state index in [-0.39, 0.29) is 0 Å². The zero-order valence-electron chi connectivity index (χ0n) is 14.1. The van der Waals surface area contributed by atoms with E-state index < -0.39 is 0 Å². The number of hydrogen-bond acceptors (Lipinski definition) is 5. The van der Waals surface area contributed by atoms with Crippen molar-refractivity contribution >= 4 is 16.6 Å². The Labute approximate surface area is 144 Å². The zero-order valence-corrected chi connectivity index (χ0v) is 14.1. The van der Waals surface area contributed by atoms with Crippen LogP contribution < -0.4 is 14.2 Å². The monoisotopic (exact) mass is 336 g/mol. The predicted octanol–water partition coefficient (Wildman–Crippen LogP) is 4.87. The molecule has 0 N–H and O–H groups in total. The second-order valence-electron chi connectivity index (χ2n) is 5.13. The Morgan fingerprint density at radius 1 is 1.00 bits per heavy atom. The lowest BCUT2D eigenvalue weighted by atomic mass is 9.97. The summed E-state index contributed by atoms with van der Waals surface area (Å²) in [5.74, 6) is 1.74. The van der Waals surface area contributed by atoms with Crippen molar-refractivity contribution in [3.8, 4) is 28.4 Å². The van der Waals surface area contributed by atoms with Crippen LogP contribution in [0.15, 0.2) is 47.7 Å². The van der Waals surface area contributed by atoms with Crippen LogP contribution in [0, 0.1) is 0 Å². The van der Waals surface area contributed by atoms with Crippen LogP contribution in [0.25, 0.3) is 32.5 Å².